The summed E-state index contributed by atoms with van der Waals surface area (Å²) in [6, 6.07) is 0. The Kier molecular flexibility index (Phi) is 4.45. The number of rotatable bonds is 3. The van der Waals surface area contributed by atoms with Crippen LogP contribution in [0.15, 0.2) is 0 Å². The molecular formula is C9H16NO3. The predicted octanol–water partition coefficient (Wildman–Crippen LogP) is 0.668. The molecule has 0 atom stereocenters. The molecule has 0 aromatic carbocycles. The van der Waals surface area contributed by atoms with Crippen LogP contribution < -0.4 is 5.32 Å². The van der Waals surface area contributed by atoms with Crippen molar-refractivity contribution in [3.8, 4) is 0 Å². The summed E-state index contributed by atoms with van der Waals surface area (Å²) in [5, 5.41) is 2.38. The van der Waals surface area contributed by atoms with E-state index >= 15 is 0 Å². The Morgan fingerprint density at radius 1 is 1.38 bits per heavy atom. The molecular weight excluding hydrogens is 170 g/mol. The Bertz CT molecular complexity index is 194. The van der Waals surface area contributed by atoms with Gasteiger partial charge in [-0.1, -0.05) is 0 Å². The Morgan fingerprint density at radius 2 is 1.92 bits per heavy atom. The number of hydrogen-bond donors (Lipinski definition) is 1. The van der Waals surface area contributed by atoms with E-state index in [4.69, 9.17) is 4.74 Å². The van der Waals surface area contributed by atoms with E-state index < -0.39 is 11.6 Å². The lowest BCUT2D eigenvalue weighted by Crippen LogP contribution is -2.34. The molecule has 1 amide bonds. The Hall–Kier alpha value is -1.06. The van der Waals surface area contributed by atoms with Crippen LogP contribution in [0.3, 0.4) is 0 Å². The van der Waals surface area contributed by atoms with E-state index in [1.165, 1.54) is 0 Å². The summed E-state index contributed by atoms with van der Waals surface area (Å²) in [4.78, 5) is 21.7. The SMILES string of the molecule is [CH2]CC(=O)NCC(=O)OC(C)(C)C. The molecule has 75 valence electrons. The number of esters is 1. The van der Waals surface area contributed by atoms with Gasteiger partial charge in [0.15, 0.2) is 0 Å². The first-order valence-corrected chi connectivity index (χ1v) is 4.13. The van der Waals surface area contributed by atoms with Gasteiger partial charge in [-0.25, -0.2) is 0 Å². The number of carbonyl (C=O) groups excluding carboxylic acids is 2. The van der Waals surface area contributed by atoms with Crippen molar-refractivity contribution in [3.05, 3.63) is 6.92 Å². The first-order chi connectivity index (χ1) is 5.85. The predicted molar refractivity (Wildman–Crippen MR) is 48.8 cm³/mol. The smallest absolute Gasteiger partial charge is 0.325 e. The molecule has 0 rings (SSSR count). The van der Waals surface area contributed by atoms with Gasteiger partial charge in [-0.05, 0) is 27.7 Å². The number of nitrogens with one attached hydrogen (secondary N) is 1. The van der Waals surface area contributed by atoms with Crippen LogP contribution in [0.25, 0.3) is 0 Å². The minimum absolute atomic E-state index is 0.0916. The van der Waals surface area contributed by atoms with Gasteiger partial charge in [0.2, 0.25) is 5.91 Å². The van der Waals surface area contributed by atoms with Crippen LogP contribution >= 0.6 is 0 Å². The van der Waals surface area contributed by atoms with Crippen molar-refractivity contribution < 1.29 is 14.3 Å². The topological polar surface area (TPSA) is 55.4 Å². The lowest BCUT2D eigenvalue weighted by atomic mass is 10.2. The van der Waals surface area contributed by atoms with Crippen LogP contribution in [-0.2, 0) is 14.3 Å². The van der Waals surface area contributed by atoms with Crippen LogP contribution in [0.4, 0.5) is 0 Å². The lowest BCUT2D eigenvalue weighted by molar-refractivity contribution is -0.154. The quantitative estimate of drug-likeness (QED) is 0.659. The van der Waals surface area contributed by atoms with E-state index in [1.54, 1.807) is 20.8 Å². The van der Waals surface area contributed by atoms with Crippen LogP contribution in [-0.4, -0.2) is 24.0 Å². The van der Waals surface area contributed by atoms with Crippen molar-refractivity contribution in [2.75, 3.05) is 6.54 Å². The van der Waals surface area contributed by atoms with Gasteiger partial charge in [-0.3, -0.25) is 9.59 Å². The summed E-state index contributed by atoms with van der Waals surface area (Å²) in [6.45, 7) is 8.60. The van der Waals surface area contributed by atoms with E-state index in [9.17, 15) is 9.59 Å². The molecule has 4 heteroatoms. The highest BCUT2D eigenvalue weighted by Gasteiger charge is 2.16. The molecule has 0 saturated heterocycles. The van der Waals surface area contributed by atoms with Gasteiger partial charge >= 0.3 is 5.97 Å². The first-order valence-electron chi connectivity index (χ1n) is 4.13. The van der Waals surface area contributed by atoms with Crippen molar-refractivity contribution in [1.29, 1.82) is 0 Å². The summed E-state index contributed by atoms with van der Waals surface area (Å²) >= 11 is 0. The van der Waals surface area contributed by atoms with Crippen LogP contribution in [0.1, 0.15) is 27.2 Å². The number of carbonyl (C=O) groups is 2. The summed E-state index contributed by atoms with van der Waals surface area (Å²) in [5.74, 6) is -0.694. The zero-order chi connectivity index (χ0) is 10.5. The molecule has 0 aromatic rings. The average molecular weight is 186 g/mol. The monoisotopic (exact) mass is 186 g/mol. The second kappa shape index (κ2) is 4.84. The van der Waals surface area contributed by atoms with Gasteiger partial charge in [0.05, 0.1) is 0 Å². The highest BCUT2D eigenvalue weighted by atomic mass is 16.6. The largest absolute Gasteiger partial charge is 0.459 e. The molecule has 0 spiro atoms. The molecule has 4 nitrogen and oxygen atoms in total. The van der Waals surface area contributed by atoms with Crippen molar-refractivity contribution in [1.82, 2.24) is 5.32 Å². The molecule has 0 saturated carbocycles. The maximum atomic E-state index is 11.0. The van der Waals surface area contributed by atoms with Crippen molar-refractivity contribution in [2.24, 2.45) is 0 Å². The molecule has 0 bridgehead atoms. The third-order valence-corrected chi connectivity index (χ3v) is 1.08. The summed E-state index contributed by atoms with van der Waals surface area (Å²) < 4.78 is 4.96. The highest BCUT2D eigenvalue weighted by molar-refractivity contribution is 5.82. The van der Waals surface area contributed by atoms with E-state index in [-0.39, 0.29) is 18.9 Å². The number of ether oxygens (including phenoxy) is 1. The Balaban J connectivity index is 3.71. The molecule has 0 aliphatic rings. The fourth-order valence-corrected chi connectivity index (χ4v) is 0.637. The summed E-state index contributed by atoms with van der Waals surface area (Å²) in [5.41, 5.74) is -0.508. The fraction of sp³-hybridized carbons (Fsp3) is 0.667. The average Bonchev–Trinajstić information content (AvgIpc) is 1.97. The van der Waals surface area contributed by atoms with E-state index in [0.717, 1.165) is 0 Å². The van der Waals surface area contributed by atoms with Gasteiger partial charge in [-0.15, -0.1) is 0 Å². The molecule has 0 aliphatic carbocycles. The Morgan fingerprint density at radius 3 is 2.31 bits per heavy atom. The van der Waals surface area contributed by atoms with Crippen molar-refractivity contribution in [2.45, 2.75) is 32.8 Å². The molecule has 0 fully saturated rings. The van der Waals surface area contributed by atoms with E-state index in [2.05, 4.69) is 12.2 Å². The van der Waals surface area contributed by atoms with Gasteiger partial charge in [0.1, 0.15) is 12.1 Å². The first kappa shape index (κ1) is 11.9. The van der Waals surface area contributed by atoms with E-state index in [0.29, 0.717) is 0 Å². The van der Waals surface area contributed by atoms with Gasteiger partial charge in [0, 0.05) is 6.42 Å². The van der Waals surface area contributed by atoms with Gasteiger partial charge in [-0.2, -0.15) is 0 Å². The Labute approximate surface area is 78.6 Å². The summed E-state index contributed by atoms with van der Waals surface area (Å²) in [6.07, 6.45) is 0.128. The van der Waals surface area contributed by atoms with Crippen molar-refractivity contribution in [3.63, 3.8) is 0 Å². The van der Waals surface area contributed by atoms with Crippen molar-refractivity contribution >= 4 is 11.9 Å². The zero-order valence-electron chi connectivity index (χ0n) is 8.35. The number of hydrogen-bond acceptors (Lipinski definition) is 3. The third kappa shape index (κ3) is 7.31. The number of amides is 1. The minimum atomic E-state index is -0.508. The normalized spacial score (nSPS) is 10.8. The molecule has 13 heavy (non-hydrogen) atoms. The fourth-order valence-electron chi connectivity index (χ4n) is 0.637. The van der Waals surface area contributed by atoms with Crippen LogP contribution in [0, 0.1) is 6.92 Å². The molecule has 0 unspecified atom stereocenters. The lowest BCUT2D eigenvalue weighted by Gasteiger charge is -2.19. The third-order valence-electron chi connectivity index (χ3n) is 1.08. The molecule has 1 N–H and O–H groups in total. The molecule has 0 aromatic heterocycles. The maximum absolute atomic E-state index is 11.0. The standard InChI is InChI=1S/C9H16NO3/c1-5-7(11)10-6-8(12)13-9(2,3)4/h1,5-6H2,2-4H3,(H,10,11). The zero-order valence-corrected chi connectivity index (χ0v) is 8.35. The summed E-state index contributed by atoms with van der Waals surface area (Å²) in [7, 11) is 0. The van der Waals surface area contributed by atoms with Crippen LogP contribution in [0.2, 0.25) is 0 Å². The second-order valence-corrected chi connectivity index (χ2v) is 3.61. The van der Waals surface area contributed by atoms with Crippen LogP contribution in [0.5, 0.6) is 0 Å². The molecule has 0 heterocycles. The second-order valence-electron chi connectivity index (χ2n) is 3.61. The van der Waals surface area contributed by atoms with E-state index in [1.807, 2.05) is 0 Å². The highest BCUT2D eigenvalue weighted by Crippen LogP contribution is 2.05. The van der Waals surface area contributed by atoms with Gasteiger partial charge in [0.25, 0.3) is 0 Å². The maximum Gasteiger partial charge on any atom is 0.325 e. The minimum Gasteiger partial charge on any atom is -0.459 e. The van der Waals surface area contributed by atoms with Gasteiger partial charge < -0.3 is 10.1 Å². The molecule has 1 radical (unpaired) electrons. The molecule has 0 aliphatic heterocycles.